The van der Waals surface area contributed by atoms with Crippen LogP contribution in [0.4, 0.5) is 4.39 Å². The number of amides is 1. The standard InChI is InChI=1S/C11H11ClFNO/c1-7(2)6-14-11(15)8-4-3-5-9(13)10(8)12/h3-5H,1,6H2,2H3,(H,14,15). The number of rotatable bonds is 3. The summed E-state index contributed by atoms with van der Waals surface area (Å²) in [7, 11) is 0. The van der Waals surface area contributed by atoms with Gasteiger partial charge in [-0.3, -0.25) is 4.79 Å². The van der Waals surface area contributed by atoms with Crippen molar-refractivity contribution in [1.82, 2.24) is 5.32 Å². The van der Waals surface area contributed by atoms with Crippen LogP contribution in [-0.4, -0.2) is 12.5 Å². The van der Waals surface area contributed by atoms with Crippen molar-refractivity contribution in [3.8, 4) is 0 Å². The maximum atomic E-state index is 13.0. The van der Waals surface area contributed by atoms with Gasteiger partial charge < -0.3 is 5.32 Å². The first-order valence-corrected chi connectivity index (χ1v) is 4.76. The van der Waals surface area contributed by atoms with Crippen LogP contribution in [0.25, 0.3) is 0 Å². The van der Waals surface area contributed by atoms with Gasteiger partial charge in [-0.2, -0.15) is 0 Å². The lowest BCUT2D eigenvalue weighted by atomic mass is 10.2. The van der Waals surface area contributed by atoms with Gasteiger partial charge in [0.2, 0.25) is 0 Å². The molecule has 15 heavy (non-hydrogen) atoms. The molecule has 80 valence electrons. The zero-order valence-electron chi connectivity index (χ0n) is 8.31. The summed E-state index contributed by atoms with van der Waals surface area (Å²) in [6.07, 6.45) is 0. The number of hydrogen-bond donors (Lipinski definition) is 1. The van der Waals surface area contributed by atoms with Crippen LogP contribution in [0.1, 0.15) is 17.3 Å². The number of nitrogens with one attached hydrogen (secondary N) is 1. The maximum Gasteiger partial charge on any atom is 0.253 e. The van der Waals surface area contributed by atoms with Gasteiger partial charge >= 0.3 is 0 Å². The first kappa shape index (κ1) is 11.7. The Labute approximate surface area is 92.7 Å². The minimum Gasteiger partial charge on any atom is -0.348 e. The lowest BCUT2D eigenvalue weighted by Gasteiger charge is -2.06. The Kier molecular flexibility index (Phi) is 3.86. The molecule has 1 rings (SSSR count). The van der Waals surface area contributed by atoms with Crippen LogP contribution in [0.15, 0.2) is 30.4 Å². The predicted molar refractivity (Wildman–Crippen MR) is 58.6 cm³/mol. The molecule has 1 aromatic carbocycles. The van der Waals surface area contributed by atoms with Crippen molar-refractivity contribution in [2.45, 2.75) is 6.92 Å². The zero-order valence-corrected chi connectivity index (χ0v) is 9.07. The minimum absolute atomic E-state index is 0.137. The van der Waals surface area contributed by atoms with Gasteiger partial charge in [0, 0.05) is 6.54 Å². The van der Waals surface area contributed by atoms with Gasteiger partial charge in [-0.15, -0.1) is 0 Å². The van der Waals surface area contributed by atoms with E-state index in [2.05, 4.69) is 11.9 Å². The molecule has 0 aromatic heterocycles. The van der Waals surface area contributed by atoms with Crippen molar-refractivity contribution in [2.24, 2.45) is 0 Å². The van der Waals surface area contributed by atoms with Gasteiger partial charge in [-0.25, -0.2) is 4.39 Å². The molecule has 2 nitrogen and oxygen atoms in total. The highest BCUT2D eigenvalue weighted by atomic mass is 35.5. The van der Waals surface area contributed by atoms with E-state index in [1.165, 1.54) is 18.2 Å². The Morgan fingerprint density at radius 3 is 2.87 bits per heavy atom. The molecule has 0 aliphatic carbocycles. The maximum absolute atomic E-state index is 13.0. The quantitative estimate of drug-likeness (QED) is 0.791. The predicted octanol–water partition coefficient (Wildman–Crippen LogP) is 2.79. The molecule has 1 N–H and O–H groups in total. The summed E-state index contributed by atoms with van der Waals surface area (Å²) in [5.74, 6) is -0.998. The Morgan fingerprint density at radius 1 is 1.60 bits per heavy atom. The fourth-order valence-corrected chi connectivity index (χ4v) is 1.22. The fourth-order valence-electron chi connectivity index (χ4n) is 1.01. The lowest BCUT2D eigenvalue weighted by molar-refractivity contribution is 0.0956. The first-order valence-electron chi connectivity index (χ1n) is 4.39. The third-order valence-electron chi connectivity index (χ3n) is 1.75. The summed E-state index contributed by atoms with van der Waals surface area (Å²) < 4.78 is 13.0. The van der Waals surface area contributed by atoms with Crippen LogP contribution in [0.2, 0.25) is 5.02 Å². The van der Waals surface area contributed by atoms with E-state index in [9.17, 15) is 9.18 Å². The van der Waals surface area contributed by atoms with Crippen LogP contribution < -0.4 is 5.32 Å². The summed E-state index contributed by atoms with van der Waals surface area (Å²) in [6.45, 7) is 5.78. The molecule has 0 saturated heterocycles. The molecule has 1 amide bonds. The number of hydrogen-bond acceptors (Lipinski definition) is 1. The molecule has 0 spiro atoms. The van der Waals surface area contributed by atoms with Crippen molar-refractivity contribution >= 4 is 17.5 Å². The Hall–Kier alpha value is -1.35. The monoisotopic (exact) mass is 227 g/mol. The average Bonchev–Trinajstić information content (AvgIpc) is 2.18. The largest absolute Gasteiger partial charge is 0.348 e. The third-order valence-corrected chi connectivity index (χ3v) is 2.13. The second-order valence-corrected chi connectivity index (χ2v) is 3.62. The molecule has 0 aliphatic heterocycles. The van der Waals surface area contributed by atoms with Gasteiger partial charge in [0.05, 0.1) is 10.6 Å². The van der Waals surface area contributed by atoms with Crippen LogP contribution in [-0.2, 0) is 0 Å². The van der Waals surface area contributed by atoms with Crippen molar-refractivity contribution in [3.05, 3.63) is 46.8 Å². The first-order chi connectivity index (χ1) is 7.02. The van der Waals surface area contributed by atoms with E-state index in [4.69, 9.17) is 11.6 Å². The van der Waals surface area contributed by atoms with E-state index in [1.54, 1.807) is 6.92 Å². The van der Waals surface area contributed by atoms with Crippen LogP contribution in [0.5, 0.6) is 0 Å². The molecule has 0 fully saturated rings. The Bertz CT molecular complexity index is 404. The van der Waals surface area contributed by atoms with Gasteiger partial charge in [-0.1, -0.05) is 29.8 Å². The van der Waals surface area contributed by atoms with Crippen LogP contribution in [0, 0.1) is 5.82 Å². The summed E-state index contributed by atoms with van der Waals surface area (Å²) in [6, 6.07) is 4.12. The van der Waals surface area contributed by atoms with Crippen molar-refractivity contribution in [3.63, 3.8) is 0 Å². The normalized spacial score (nSPS) is 9.80. The average molecular weight is 228 g/mol. The van der Waals surface area contributed by atoms with Crippen LogP contribution >= 0.6 is 11.6 Å². The van der Waals surface area contributed by atoms with E-state index >= 15 is 0 Å². The molecule has 0 saturated carbocycles. The van der Waals surface area contributed by atoms with E-state index in [0.29, 0.717) is 6.54 Å². The second kappa shape index (κ2) is 4.94. The number of benzene rings is 1. The molecule has 0 unspecified atom stereocenters. The smallest absolute Gasteiger partial charge is 0.253 e. The number of halogens is 2. The van der Waals surface area contributed by atoms with E-state index < -0.39 is 11.7 Å². The van der Waals surface area contributed by atoms with Crippen molar-refractivity contribution in [1.29, 1.82) is 0 Å². The van der Waals surface area contributed by atoms with E-state index in [1.807, 2.05) is 0 Å². The minimum atomic E-state index is -0.598. The zero-order chi connectivity index (χ0) is 11.4. The van der Waals surface area contributed by atoms with Gasteiger partial charge in [0.15, 0.2) is 0 Å². The molecule has 0 radical (unpaired) electrons. The van der Waals surface area contributed by atoms with E-state index in [-0.39, 0.29) is 10.6 Å². The van der Waals surface area contributed by atoms with Gasteiger partial charge in [-0.05, 0) is 19.1 Å². The molecule has 0 atom stereocenters. The molecule has 0 aliphatic rings. The number of carbonyl (C=O) groups is 1. The van der Waals surface area contributed by atoms with Crippen LogP contribution in [0.3, 0.4) is 0 Å². The Balaban J connectivity index is 2.82. The summed E-state index contributed by atoms with van der Waals surface area (Å²) >= 11 is 5.65. The lowest BCUT2D eigenvalue weighted by Crippen LogP contribution is -2.25. The number of carbonyl (C=O) groups excluding carboxylic acids is 1. The van der Waals surface area contributed by atoms with Gasteiger partial charge in [0.1, 0.15) is 5.82 Å². The SMILES string of the molecule is C=C(C)CNC(=O)c1cccc(F)c1Cl. The molecular weight excluding hydrogens is 217 g/mol. The van der Waals surface area contributed by atoms with Gasteiger partial charge in [0.25, 0.3) is 5.91 Å². The Morgan fingerprint density at radius 2 is 2.27 bits per heavy atom. The topological polar surface area (TPSA) is 29.1 Å². The molecule has 4 heteroatoms. The van der Waals surface area contributed by atoms with Crippen molar-refractivity contribution < 1.29 is 9.18 Å². The third kappa shape index (κ3) is 3.06. The summed E-state index contributed by atoms with van der Waals surface area (Å²) in [5, 5.41) is 2.42. The second-order valence-electron chi connectivity index (χ2n) is 3.24. The summed E-state index contributed by atoms with van der Waals surface area (Å²) in [4.78, 5) is 11.5. The highest BCUT2D eigenvalue weighted by Crippen LogP contribution is 2.19. The summed E-state index contributed by atoms with van der Waals surface area (Å²) in [5.41, 5.74) is 0.953. The van der Waals surface area contributed by atoms with Crippen molar-refractivity contribution in [2.75, 3.05) is 6.54 Å². The highest BCUT2D eigenvalue weighted by Gasteiger charge is 2.12. The fraction of sp³-hybridized carbons (Fsp3) is 0.182. The molecule has 1 aromatic rings. The molecular formula is C11H11ClFNO. The highest BCUT2D eigenvalue weighted by molar-refractivity contribution is 6.34. The molecule has 0 heterocycles. The van der Waals surface area contributed by atoms with E-state index in [0.717, 1.165) is 5.57 Å². The molecule has 0 bridgehead atoms.